The number of carbonyl (C=O) groups excluding carboxylic acids is 4. The fraction of sp³-hybridized carbons (Fsp3) is 0.600. The van der Waals surface area contributed by atoms with Crippen LogP contribution < -0.4 is 21.4 Å². The first kappa shape index (κ1) is 31.6. The number of β-amino-alcohol motifs (C(OH)–C–C–N with tert-alkyl or cyclic N) is 1. The lowest BCUT2D eigenvalue weighted by atomic mass is 9.79. The molecule has 2 saturated heterocycles. The normalized spacial score (nSPS) is 25.7. The summed E-state index contributed by atoms with van der Waals surface area (Å²) in [6.45, 7) is 4.60. The Bertz CT molecular complexity index is 1070. The van der Waals surface area contributed by atoms with Crippen molar-refractivity contribution in [1.82, 2.24) is 20.9 Å². The Balaban J connectivity index is 1.74. The number of rotatable bonds is 11. The minimum atomic E-state index is -1.70. The molecule has 3 amide bonds. The molecule has 2 fully saturated rings. The number of likely N-dealkylation sites (tertiary alicyclic amines) is 1. The van der Waals surface area contributed by atoms with Gasteiger partial charge in [0.15, 0.2) is 5.78 Å². The van der Waals surface area contributed by atoms with Gasteiger partial charge in [0.25, 0.3) is 0 Å². The smallest absolute Gasteiger partial charge is 0.423 e. The zero-order chi connectivity index (χ0) is 29.7. The number of aliphatic hydroxyl groups excluding tert-OH is 3. The first-order valence-corrected chi connectivity index (χ1v) is 13.1. The zero-order valence-corrected chi connectivity index (χ0v) is 22.6. The minimum absolute atomic E-state index is 0.147. The van der Waals surface area contributed by atoms with Crippen LogP contribution in [0.4, 0.5) is 0 Å². The third-order valence-electron chi connectivity index (χ3n) is 7.09. The van der Waals surface area contributed by atoms with Gasteiger partial charge in [-0.05, 0) is 31.4 Å². The number of hydrogen-bond donors (Lipinski definition) is 8. The molecule has 15 heteroatoms. The van der Waals surface area contributed by atoms with Crippen LogP contribution in [0.25, 0.3) is 0 Å². The Hall–Kier alpha value is -2.92. The molecular formula is C25H37BN4O10. The van der Waals surface area contributed by atoms with E-state index < -0.39 is 79.2 Å². The van der Waals surface area contributed by atoms with Gasteiger partial charge in [-0.15, -0.1) is 0 Å². The van der Waals surface area contributed by atoms with E-state index in [1.807, 2.05) is 0 Å². The largest absolute Gasteiger partial charge is 0.488 e. The topological polar surface area (TPSA) is 218 Å². The van der Waals surface area contributed by atoms with Crippen molar-refractivity contribution in [2.45, 2.75) is 75.8 Å². The number of amides is 3. The molecule has 0 aromatic heterocycles. The highest BCUT2D eigenvalue weighted by Gasteiger charge is 2.47. The number of hydrogen-bond acceptors (Lipinski definition) is 11. The van der Waals surface area contributed by atoms with E-state index in [0.717, 1.165) is 4.90 Å². The third-order valence-corrected chi connectivity index (χ3v) is 7.09. The first-order chi connectivity index (χ1) is 18.8. The second kappa shape index (κ2) is 13.6. The van der Waals surface area contributed by atoms with Gasteiger partial charge in [0.1, 0.15) is 36.9 Å². The number of nitrogens with zero attached hydrogens (tertiary/aromatic N) is 1. The Morgan fingerprint density at radius 1 is 1.15 bits per heavy atom. The lowest BCUT2D eigenvalue weighted by molar-refractivity contribution is -0.144. The molecule has 0 spiro atoms. The first-order valence-electron chi connectivity index (χ1n) is 13.1. The van der Waals surface area contributed by atoms with Gasteiger partial charge in [-0.3, -0.25) is 19.2 Å². The highest BCUT2D eigenvalue weighted by Crippen LogP contribution is 2.27. The number of aliphatic hydroxyl groups is 3. The Labute approximate surface area is 231 Å². The minimum Gasteiger partial charge on any atom is -0.423 e. The van der Waals surface area contributed by atoms with Crippen molar-refractivity contribution in [3.63, 3.8) is 0 Å². The van der Waals surface area contributed by atoms with Crippen LogP contribution in [-0.2, 0) is 23.9 Å². The van der Waals surface area contributed by atoms with E-state index >= 15 is 0 Å². The molecule has 2 heterocycles. The molecule has 2 aliphatic rings. The summed E-state index contributed by atoms with van der Waals surface area (Å²) in [6, 6.07) is 1.10. The van der Waals surface area contributed by atoms with E-state index in [0.29, 0.717) is 12.1 Å². The highest BCUT2D eigenvalue weighted by atomic mass is 16.5. The van der Waals surface area contributed by atoms with Crippen molar-refractivity contribution in [1.29, 1.82) is 0 Å². The van der Waals surface area contributed by atoms with Crippen LogP contribution in [0.5, 0.6) is 0 Å². The maximum absolute atomic E-state index is 13.4. The lowest BCUT2D eigenvalue weighted by Crippen LogP contribution is -2.60. The number of carbonyl (C=O) groups is 4. The standard InChI is InChI=1S/C25H37BN4O10/c1-4-27-12(2)23(35)28-19(13(3)31)25(37)30-10-16(32)9-17(30)24(36)29-20-18(33)11-40-22(20)21(34)14-5-7-15(8-6-14)26(38)39/h5-8,12-13,16-17,19-22,27,31-32,34,38-39H,4,9-11H2,1-3H3,(H,28,35)(H,29,36)/t12-,13+,16+,17-,19-,20+,21-,22-/m0/s1. The number of ketones is 1. The van der Waals surface area contributed by atoms with Gasteiger partial charge in [0.2, 0.25) is 17.7 Å². The monoisotopic (exact) mass is 564 g/mol. The van der Waals surface area contributed by atoms with E-state index in [4.69, 9.17) is 4.74 Å². The van der Waals surface area contributed by atoms with Gasteiger partial charge in [-0.1, -0.05) is 31.2 Å². The van der Waals surface area contributed by atoms with Crippen molar-refractivity contribution in [3.05, 3.63) is 29.8 Å². The van der Waals surface area contributed by atoms with Crippen molar-refractivity contribution >= 4 is 36.1 Å². The maximum Gasteiger partial charge on any atom is 0.488 e. The average molecular weight is 564 g/mol. The molecule has 0 radical (unpaired) electrons. The summed E-state index contributed by atoms with van der Waals surface area (Å²) in [5.74, 6) is -2.60. The number of likely N-dealkylation sites (N-methyl/N-ethyl adjacent to an activating group) is 1. The molecule has 0 aliphatic carbocycles. The molecule has 3 rings (SSSR count). The molecule has 2 aliphatic heterocycles. The fourth-order valence-corrected chi connectivity index (χ4v) is 4.84. The van der Waals surface area contributed by atoms with Crippen LogP contribution in [0.2, 0.25) is 0 Å². The van der Waals surface area contributed by atoms with Gasteiger partial charge in [0, 0.05) is 13.0 Å². The van der Waals surface area contributed by atoms with E-state index in [2.05, 4.69) is 16.0 Å². The van der Waals surface area contributed by atoms with Gasteiger partial charge >= 0.3 is 7.12 Å². The summed E-state index contributed by atoms with van der Waals surface area (Å²) in [4.78, 5) is 52.8. The number of ether oxygens (including phenoxy) is 1. The van der Waals surface area contributed by atoms with Crippen LogP contribution in [0.3, 0.4) is 0 Å². The second-order valence-corrected chi connectivity index (χ2v) is 10.1. The quantitative estimate of drug-likeness (QED) is 0.120. The molecule has 1 aromatic carbocycles. The lowest BCUT2D eigenvalue weighted by Gasteiger charge is -2.31. The second-order valence-electron chi connectivity index (χ2n) is 10.1. The van der Waals surface area contributed by atoms with Gasteiger partial charge in [-0.25, -0.2) is 0 Å². The molecule has 14 nitrogen and oxygen atoms in total. The molecule has 0 unspecified atom stereocenters. The average Bonchev–Trinajstić information content (AvgIpc) is 3.48. The third kappa shape index (κ3) is 7.23. The summed E-state index contributed by atoms with van der Waals surface area (Å²) < 4.78 is 5.46. The van der Waals surface area contributed by atoms with Gasteiger partial charge < -0.3 is 51.0 Å². The van der Waals surface area contributed by atoms with Crippen LogP contribution in [0.1, 0.15) is 38.9 Å². The Kier molecular flexibility index (Phi) is 10.8. The molecule has 8 atom stereocenters. The predicted molar refractivity (Wildman–Crippen MR) is 141 cm³/mol. The number of benzene rings is 1. The molecule has 0 bridgehead atoms. The summed E-state index contributed by atoms with van der Waals surface area (Å²) in [7, 11) is -1.70. The number of Topliss-reactive ketones (excluding diaryl/α,β-unsaturated/α-hetero) is 1. The summed E-state index contributed by atoms with van der Waals surface area (Å²) in [5.41, 5.74) is 0.496. The summed E-state index contributed by atoms with van der Waals surface area (Å²) >= 11 is 0. The Morgan fingerprint density at radius 3 is 2.38 bits per heavy atom. The summed E-state index contributed by atoms with van der Waals surface area (Å²) in [5, 5.41) is 57.9. The molecule has 0 saturated carbocycles. The van der Waals surface area contributed by atoms with E-state index in [-0.39, 0.29) is 25.0 Å². The molecule has 40 heavy (non-hydrogen) atoms. The van der Waals surface area contributed by atoms with Crippen molar-refractivity contribution in [2.24, 2.45) is 0 Å². The fourth-order valence-electron chi connectivity index (χ4n) is 4.84. The Morgan fingerprint density at radius 2 is 1.80 bits per heavy atom. The molecule has 1 aromatic rings. The molecule has 8 N–H and O–H groups in total. The SMILES string of the molecule is CCN[C@@H](C)C(=O)N[C@H](C(=O)N1C[C@H](O)C[C@H]1C(=O)N[C@@H]1C(=O)CO[C@@H]1[C@@H](O)c1ccc(B(O)O)cc1)[C@@H](C)O. The maximum atomic E-state index is 13.4. The van der Waals surface area contributed by atoms with Crippen LogP contribution in [0, 0.1) is 0 Å². The van der Waals surface area contributed by atoms with Crippen molar-refractivity contribution in [2.75, 3.05) is 19.7 Å². The molecule has 220 valence electrons. The van der Waals surface area contributed by atoms with Crippen LogP contribution in [-0.4, -0.2) is 123 Å². The van der Waals surface area contributed by atoms with Gasteiger partial charge in [-0.2, -0.15) is 0 Å². The summed E-state index contributed by atoms with van der Waals surface area (Å²) in [6.07, 6.45) is -5.06. The van der Waals surface area contributed by atoms with E-state index in [1.54, 1.807) is 13.8 Å². The van der Waals surface area contributed by atoms with Crippen molar-refractivity contribution in [3.8, 4) is 0 Å². The van der Waals surface area contributed by atoms with Crippen LogP contribution in [0.15, 0.2) is 24.3 Å². The van der Waals surface area contributed by atoms with Gasteiger partial charge in [0.05, 0.1) is 18.2 Å². The van der Waals surface area contributed by atoms with Crippen molar-refractivity contribution < 1.29 is 49.3 Å². The van der Waals surface area contributed by atoms with E-state index in [1.165, 1.54) is 31.2 Å². The number of nitrogens with one attached hydrogen (secondary N) is 3. The van der Waals surface area contributed by atoms with E-state index in [9.17, 15) is 44.5 Å². The highest BCUT2D eigenvalue weighted by molar-refractivity contribution is 6.58. The predicted octanol–water partition coefficient (Wildman–Crippen LogP) is -4.32. The van der Waals surface area contributed by atoms with Crippen LogP contribution >= 0.6 is 0 Å². The molecular weight excluding hydrogens is 527 g/mol. The zero-order valence-electron chi connectivity index (χ0n) is 22.6.